The minimum Gasteiger partial charge on any atom is -0.339 e. The third-order valence-electron chi connectivity index (χ3n) is 3.46. The lowest BCUT2D eigenvalue weighted by Gasteiger charge is -2.33. The van der Waals surface area contributed by atoms with Crippen LogP contribution >= 0.6 is 0 Å². The van der Waals surface area contributed by atoms with Crippen LogP contribution in [-0.4, -0.2) is 37.6 Å². The first kappa shape index (κ1) is 13.5. The highest BCUT2D eigenvalue weighted by Crippen LogP contribution is 2.27. The summed E-state index contributed by atoms with van der Waals surface area (Å²) >= 11 is 0. The predicted octanol–water partition coefficient (Wildman–Crippen LogP) is 0.0881. The molecule has 1 fully saturated rings. The summed E-state index contributed by atoms with van der Waals surface area (Å²) in [7, 11) is -1.73. The number of rotatable bonds is 4. The molecule has 2 N–H and O–H groups in total. The number of aryl methyl sites for hydroxylation is 1. The molecular formula is C11H20N4O2S. The molecule has 0 saturated carbocycles. The van der Waals surface area contributed by atoms with Crippen LogP contribution in [0.1, 0.15) is 19.8 Å². The van der Waals surface area contributed by atoms with Gasteiger partial charge in [-0.15, -0.1) is 0 Å². The highest BCUT2D eigenvalue weighted by atomic mass is 32.2. The van der Waals surface area contributed by atoms with E-state index in [-0.39, 0.29) is 10.4 Å². The van der Waals surface area contributed by atoms with E-state index >= 15 is 0 Å². The SMILES string of the molecule is Cn1cnc(S(=O)(=O)NCC2(C)CCNCC2)c1. The van der Waals surface area contributed by atoms with E-state index in [2.05, 4.69) is 21.9 Å². The van der Waals surface area contributed by atoms with Gasteiger partial charge in [-0.25, -0.2) is 18.1 Å². The van der Waals surface area contributed by atoms with E-state index in [0.29, 0.717) is 6.54 Å². The Morgan fingerprint density at radius 1 is 1.50 bits per heavy atom. The summed E-state index contributed by atoms with van der Waals surface area (Å²) in [4.78, 5) is 3.87. The van der Waals surface area contributed by atoms with Gasteiger partial charge in [-0.05, 0) is 31.3 Å². The fraction of sp³-hybridized carbons (Fsp3) is 0.727. The van der Waals surface area contributed by atoms with Gasteiger partial charge in [0.2, 0.25) is 0 Å². The number of imidazole rings is 1. The van der Waals surface area contributed by atoms with Crippen LogP contribution in [0.25, 0.3) is 0 Å². The smallest absolute Gasteiger partial charge is 0.259 e. The van der Waals surface area contributed by atoms with Gasteiger partial charge < -0.3 is 9.88 Å². The lowest BCUT2D eigenvalue weighted by molar-refractivity contribution is 0.232. The number of nitrogens with one attached hydrogen (secondary N) is 2. The van der Waals surface area contributed by atoms with Crippen LogP contribution in [0.4, 0.5) is 0 Å². The molecule has 2 heterocycles. The Labute approximate surface area is 108 Å². The zero-order valence-corrected chi connectivity index (χ0v) is 11.6. The van der Waals surface area contributed by atoms with Crippen LogP contribution < -0.4 is 10.0 Å². The molecule has 1 saturated heterocycles. The summed E-state index contributed by atoms with van der Waals surface area (Å²) in [6.45, 7) is 4.48. The summed E-state index contributed by atoms with van der Waals surface area (Å²) in [5, 5.41) is 3.36. The molecule has 0 unspecified atom stereocenters. The highest BCUT2D eigenvalue weighted by molar-refractivity contribution is 7.89. The van der Waals surface area contributed by atoms with Gasteiger partial charge >= 0.3 is 0 Å². The number of aromatic nitrogens is 2. The first-order chi connectivity index (χ1) is 8.41. The Kier molecular flexibility index (Phi) is 3.74. The quantitative estimate of drug-likeness (QED) is 0.814. The van der Waals surface area contributed by atoms with Crippen molar-refractivity contribution in [2.24, 2.45) is 12.5 Å². The fourth-order valence-electron chi connectivity index (χ4n) is 2.08. The Hall–Kier alpha value is -0.920. The molecule has 0 atom stereocenters. The molecule has 102 valence electrons. The second kappa shape index (κ2) is 4.99. The maximum absolute atomic E-state index is 12.0. The number of sulfonamides is 1. The Bertz CT molecular complexity index is 503. The van der Waals surface area contributed by atoms with Gasteiger partial charge in [0.25, 0.3) is 10.0 Å². The van der Waals surface area contributed by atoms with Crippen LogP contribution in [0.15, 0.2) is 17.6 Å². The number of piperidine rings is 1. The van der Waals surface area contributed by atoms with Crippen LogP contribution in [0.5, 0.6) is 0 Å². The van der Waals surface area contributed by atoms with Crippen LogP contribution in [0.2, 0.25) is 0 Å². The lowest BCUT2D eigenvalue weighted by atomic mass is 9.81. The predicted molar refractivity (Wildman–Crippen MR) is 68.6 cm³/mol. The molecule has 1 aromatic rings. The number of hydrogen-bond acceptors (Lipinski definition) is 4. The molecular weight excluding hydrogens is 252 g/mol. The summed E-state index contributed by atoms with van der Waals surface area (Å²) in [5.74, 6) is 0. The van der Waals surface area contributed by atoms with E-state index < -0.39 is 10.0 Å². The van der Waals surface area contributed by atoms with Crippen molar-refractivity contribution < 1.29 is 8.42 Å². The van der Waals surface area contributed by atoms with Crippen molar-refractivity contribution in [3.63, 3.8) is 0 Å². The Balaban J connectivity index is 2.01. The van der Waals surface area contributed by atoms with Gasteiger partial charge in [0.05, 0.1) is 6.33 Å². The summed E-state index contributed by atoms with van der Waals surface area (Å²) in [5.41, 5.74) is 0.0348. The van der Waals surface area contributed by atoms with E-state index in [4.69, 9.17) is 0 Å². The van der Waals surface area contributed by atoms with Gasteiger partial charge in [0.1, 0.15) is 0 Å². The average molecular weight is 272 g/mol. The molecule has 18 heavy (non-hydrogen) atoms. The first-order valence-electron chi connectivity index (χ1n) is 6.10. The van der Waals surface area contributed by atoms with Crippen LogP contribution in [-0.2, 0) is 17.1 Å². The maximum Gasteiger partial charge on any atom is 0.259 e. The summed E-state index contributed by atoms with van der Waals surface area (Å²) in [6.07, 6.45) is 4.96. The van der Waals surface area contributed by atoms with Crippen LogP contribution in [0.3, 0.4) is 0 Å². The van der Waals surface area contributed by atoms with E-state index in [1.165, 1.54) is 12.5 Å². The van der Waals surface area contributed by atoms with E-state index in [9.17, 15) is 8.42 Å². The molecule has 0 aromatic carbocycles. The first-order valence-corrected chi connectivity index (χ1v) is 7.58. The fourth-order valence-corrected chi connectivity index (χ4v) is 3.26. The molecule has 1 aliphatic heterocycles. The van der Waals surface area contributed by atoms with Gasteiger partial charge in [-0.2, -0.15) is 0 Å². The van der Waals surface area contributed by atoms with Gasteiger partial charge in [0, 0.05) is 19.8 Å². The number of hydrogen-bond donors (Lipinski definition) is 2. The second-order valence-electron chi connectivity index (χ2n) is 5.26. The Morgan fingerprint density at radius 2 is 2.17 bits per heavy atom. The normalized spacial score (nSPS) is 19.9. The molecule has 7 heteroatoms. The van der Waals surface area contributed by atoms with Crippen molar-refractivity contribution in [1.29, 1.82) is 0 Å². The maximum atomic E-state index is 12.0. The van der Waals surface area contributed by atoms with E-state index in [0.717, 1.165) is 25.9 Å². The van der Waals surface area contributed by atoms with E-state index in [1.54, 1.807) is 11.6 Å². The zero-order chi connectivity index (χ0) is 13.2. The molecule has 0 bridgehead atoms. The van der Waals surface area contributed by atoms with Crippen molar-refractivity contribution in [2.45, 2.75) is 24.8 Å². The Morgan fingerprint density at radius 3 is 2.72 bits per heavy atom. The molecule has 6 nitrogen and oxygen atoms in total. The van der Waals surface area contributed by atoms with Crippen molar-refractivity contribution >= 4 is 10.0 Å². The standard InChI is InChI=1S/C11H20N4O2S/c1-11(3-5-12-6-4-11)8-14-18(16,17)10-7-15(2)9-13-10/h7,9,12,14H,3-6,8H2,1-2H3. The second-order valence-corrected chi connectivity index (χ2v) is 6.98. The van der Waals surface area contributed by atoms with Crippen molar-refractivity contribution in [3.05, 3.63) is 12.5 Å². The van der Waals surface area contributed by atoms with E-state index in [1.807, 2.05) is 0 Å². The zero-order valence-electron chi connectivity index (χ0n) is 10.8. The van der Waals surface area contributed by atoms with Gasteiger partial charge in [-0.1, -0.05) is 6.92 Å². The minimum absolute atomic E-state index is 0.0348. The number of nitrogens with zero attached hydrogens (tertiary/aromatic N) is 2. The molecule has 0 spiro atoms. The summed E-state index contributed by atoms with van der Waals surface area (Å²) in [6, 6.07) is 0. The minimum atomic E-state index is -3.48. The topological polar surface area (TPSA) is 76.0 Å². The molecule has 1 aliphatic rings. The van der Waals surface area contributed by atoms with Crippen molar-refractivity contribution in [1.82, 2.24) is 19.6 Å². The van der Waals surface area contributed by atoms with Crippen LogP contribution in [0, 0.1) is 5.41 Å². The van der Waals surface area contributed by atoms with Gasteiger partial charge in [-0.3, -0.25) is 0 Å². The monoisotopic (exact) mass is 272 g/mol. The molecule has 2 rings (SSSR count). The molecule has 0 amide bonds. The average Bonchev–Trinajstić information content (AvgIpc) is 2.76. The van der Waals surface area contributed by atoms with Crippen molar-refractivity contribution in [3.8, 4) is 0 Å². The largest absolute Gasteiger partial charge is 0.339 e. The summed E-state index contributed by atoms with van der Waals surface area (Å²) < 4.78 is 28.3. The molecule has 0 radical (unpaired) electrons. The van der Waals surface area contributed by atoms with Crippen molar-refractivity contribution in [2.75, 3.05) is 19.6 Å². The van der Waals surface area contributed by atoms with Gasteiger partial charge in [0.15, 0.2) is 5.03 Å². The third-order valence-corrected chi connectivity index (χ3v) is 4.74. The molecule has 1 aromatic heterocycles. The molecule has 0 aliphatic carbocycles. The lowest BCUT2D eigenvalue weighted by Crippen LogP contribution is -2.42. The third kappa shape index (κ3) is 3.09. The highest BCUT2D eigenvalue weighted by Gasteiger charge is 2.29.